The van der Waals surface area contributed by atoms with Gasteiger partial charge >= 0.3 is 0 Å². The molecule has 0 heterocycles. The largest absolute Gasteiger partial charge is 0.496 e. The summed E-state index contributed by atoms with van der Waals surface area (Å²) >= 11 is 11.9. The molecular weight excluding hydrogens is 273 g/mol. The first-order valence-corrected chi connectivity index (χ1v) is 6.53. The van der Waals surface area contributed by atoms with Crippen LogP contribution < -0.4 is 10.1 Å². The van der Waals surface area contributed by atoms with Crippen LogP contribution in [0.1, 0.15) is 24.2 Å². The molecule has 1 aromatic rings. The lowest BCUT2D eigenvalue weighted by Gasteiger charge is -2.15. The predicted molar refractivity (Wildman–Crippen MR) is 74.8 cm³/mol. The number of benzene rings is 1. The minimum absolute atomic E-state index is 0.0905. The van der Waals surface area contributed by atoms with Crippen LogP contribution in [0.5, 0.6) is 5.75 Å². The maximum absolute atomic E-state index is 12.0. The molecule has 1 amide bonds. The number of methoxy groups -OCH3 is 1. The number of halogens is 2. The van der Waals surface area contributed by atoms with Crippen molar-refractivity contribution in [2.75, 3.05) is 13.7 Å². The zero-order chi connectivity index (χ0) is 13.7. The van der Waals surface area contributed by atoms with Gasteiger partial charge < -0.3 is 10.1 Å². The molecule has 1 atom stereocenters. The molecule has 3 nitrogen and oxygen atoms in total. The van der Waals surface area contributed by atoms with Crippen molar-refractivity contribution in [1.29, 1.82) is 0 Å². The summed E-state index contributed by atoms with van der Waals surface area (Å²) in [5.74, 6) is 0.546. The van der Waals surface area contributed by atoms with Crippen molar-refractivity contribution < 1.29 is 9.53 Å². The monoisotopic (exact) mass is 289 g/mol. The molecule has 0 spiro atoms. The first-order chi connectivity index (χ1) is 8.45. The Bertz CT molecular complexity index is 421. The molecule has 0 aliphatic heterocycles. The summed E-state index contributed by atoms with van der Waals surface area (Å²) in [6.07, 6.45) is 0. The van der Waals surface area contributed by atoms with Crippen LogP contribution in [0.4, 0.5) is 0 Å². The third-order valence-electron chi connectivity index (χ3n) is 2.59. The summed E-state index contributed by atoms with van der Waals surface area (Å²) in [5, 5.41) is 3.22. The van der Waals surface area contributed by atoms with Crippen LogP contribution in [0.15, 0.2) is 18.2 Å². The van der Waals surface area contributed by atoms with Crippen LogP contribution in [0.3, 0.4) is 0 Å². The van der Waals surface area contributed by atoms with Gasteiger partial charge in [-0.3, -0.25) is 4.79 Å². The molecule has 5 heteroatoms. The van der Waals surface area contributed by atoms with E-state index in [9.17, 15) is 4.79 Å². The Hall–Kier alpha value is -0.930. The van der Waals surface area contributed by atoms with Gasteiger partial charge in [0.2, 0.25) is 0 Å². The van der Waals surface area contributed by atoms with Gasteiger partial charge in [-0.2, -0.15) is 0 Å². The normalized spacial score (nSPS) is 12.3. The van der Waals surface area contributed by atoms with E-state index in [-0.39, 0.29) is 11.3 Å². The minimum Gasteiger partial charge on any atom is -0.496 e. The number of carbonyl (C=O) groups is 1. The molecule has 0 aliphatic carbocycles. The van der Waals surface area contributed by atoms with Crippen molar-refractivity contribution in [2.45, 2.75) is 19.2 Å². The first kappa shape index (κ1) is 15.1. The lowest BCUT2D eigenvalue weighted by molar-refractivity contribution is 0.0949. The SMILES string of the molecule is COc1cc(Cl)ccc1C(=O)NCC(Cl)C(C)C. The Morgan fingerprint density at radius 3 is 2.67 bits per heavy atom. The average Bonchev–Trinajstić information content (AvgIpc) is 2.34. The standard InChI is InChI=1S/C13H17Cl2NO2/c1-8(2)11(15)7-16-13(17)10-5-4-9(14)6-12(10)18-3/h4-6,8,11H,7H2,1-3H3,(H,16,17). The van der Waals surface area contributed by atoms with Gasteiger partial charge in [0, 0.05) is 11.6 Å². The summed E-state index contributed by atoms with van der Waals surface area (Å²) in [6.45, 7) is 4.43. The highest BCUT2D eigenvalue weighted by Gasteiger charge is 2.15. The molecular formula is C13H17Cl2NO2. The second-order valence-electron chi connectivity index (χ2n) is 4.31. The number of nitrogens with one attached hydrogen (secondary N) is 1. The average molecular weight is 290 g/mol. The highest BCUT2D eigenvalue weighted by atomic mass is 35.5. The summed E-state index contributed by atoms with van der Waals surface area (Å²) in [6, 6.07) is 4.89. The molecule has 1 N–H and O–H groups in total. The molecule has 1 aromatic carbocycles. The maximum Gasteiger partial charge on any atom is 0.255 e. The lowest BCUT2D eigenvalue weighted by atomic mass is 10.1. The van der Waals surface area contributed by atoms with Crippen molar-refractivity contribution >= 4 is 29.1 Å². The van der Waals surface area contributed by atoms with Crippen molar-refractivity contribution in [3.05, 3.63) is 28.8 Å². The Kier molecular flexibility index (Phi) is 5.76. The highest BCUT2D eigenvalue weighted by molar-refractivity contribution is 6.30. The van der Waals surface area contributed by atoms with Crippen LogP contribution in [0, 0.1) is 5.92 Å². The Morgan fingerprint density at radius 1 is 1.44 bits per heavy atom. The molecule has 0 bridgehead atoms. The molecule has 0 aliphatic rings. The third-order valence-corrected chi connectivity index (χ3v) is 3.48. The molecule has 0 fully saturated rings. The van der Waals surface area contributed by atoms with Crippen LogP contribution in [0.25, 0.3) is 0 Å². The van der Waals surface area contributed by atoms with E-state index < -0.39 is 0 Å². The van der Waals surface area contributed by atoms with Gasteiger partial charge in [-0.05, 0) is 24.1 Å². The summed E-state index contributed by atoms with van der Waals surface area (Å²) in [7, 11) is 1.50. The summed E-state index contributed by atoms with van der Waals surface area (Å²) in [4.78, 5) is 12.0. The van der Waals surface area contributed by atoms with Crippen LogP contribution in [0.2, 0.25) is 5.02 Å². The van der Waals surface area contributed by atoms with Gasteiger partial charge in [-0.1, -0.05) is 25.4 Å². The molecule has 100 valence electrons. The van der Waals surface area contributed by atoms with Crippen molar-refractivity contribution in [3.8, 4) is 5.75 Å². The first-order valence-electron chi connectivity index (χ1n) is 5.71. The molecule has 0 aromatic heterocycles. The van der Waals surface area contributed by atoms with Gasteiger partial charge in [-0.15, -0.1) is 11.6 Å². The second kappa shape index (κ2) is 6.86. The molecule has 0 saturated carbocycles. The van der Waals surface area contributed by atoms with Crippen LogP contribution in [-0.4, -0.2) is 24.9 Å². The Morgan fingerprint density at radius 2 is 2.11 bits per heavy atom. The fraction of sp³-hybridized carbons (Fsp3) is 0.462. The smallest absolute Gasteiger partial charge is 0.255 e. The zero-order valence-electron chi connectivity index (χ0n) is 10.7. The second-order valence-corrected chi connectivity index (χ2v) is 5.31. The van der Waals surface area contributed by atoms with E-state index in [4.69, 9.17) is 27.9 Å². The number of alkyl halides is 1. The van der Waals surface area contributed by atoms with E-state index in [1.54, 1.807) is 18.2 Å². The van der Waals surface area contributed by atoms with Crippen LogP contribution >= 0.6 is 23.2 Å². The molecule has 0 saturated heterocycles. The van der Waals surface area contributed by atoms with E-state index in [0.29, 0.717) is 28.8 Å². The van der Waals surface area contributed by atoms with Gasteiger partial charge in [0.05, 0.1) is 18.1 Å². The molecule has 1 unspecified atom stereocenters. The zero-order valence-corrected chi connectivity index (χ0v) is 12.2. The van der Waals surface area contributed by atoms with Gasteiger partial charge in [0.1, 0.15) is 5.75 Å². The number of rotatable bonds is 5. The van der Waals surface area contributed by atoms with Gasteiger partial charge in [0.15, 0.2) is 0 Å². The molecule has 0 radical (unpaired) electrons. The maximum atomic E-state index is 12.0. The van der Waals surface area contributed by atoms with Crippen LogP contribution in [-0.2, 0) is 0 Å². The fourth-order valence-corrected chi connectivity index (χ4v) is 1.61. The predicted octanol–water partition coefficient (Wildman–Crippen LogP) is 3.34. The van der Waals surface area contributed by atoms with E-state index in [1.807, 2.05) is 13.8 Å². The number of hydrogen-bond acceptors (Lipinski definition) is 2. The van der Waals surface area contributed by atoms with Gasteiger partial charge in [-0.25, -0.2) is 0 Å². The fourth-order valence-electron chi connectivity index (χ4n) is 1.37. The Balaban J connectivity index is 2.72. The number of carbonyl (C=O) groups excluding carboxylic acids is 1. The van der Waals surface area contributed by atoms with Crippen molar-refractivity contribution in [3.63, 3.8) is 0 Å². The van der Waals surface area contributed by atoms with E-state index >= 15 is 0 Å². The number of ether oxygens (including phenoxy) is 1. The van der Waals surface area contributed by atoms with E-state index in [1.165, 1.54) is 7.11 Å². The van der Waals surface area contributed by atoms with Crippen molar-refractivity contribution in [1.82, 2.24) is 5.32 Å². The third kappa shape index (κ3) is 4.07. The topological polar surface area (TPSA) is 38.3 Å². The number of amides is 1. The summed E-state index contributed by atoms with van der Waals surface area (Å²) < 4.78 is 5.12. The van der Waals surface area contributed by atoms with Crippen molar-refractivity contribution in [2.24, 2.45) is 5.92 Å². The quantitative estimate of drug-likeness (QED) is 0.845. The van der Waals surface area contributed by atoms with E-state index in [0.717, 1.165) is 0 Å². The Labute approximate surface area is 117 Å². The van der Waals surface area contributed by atoms with Gasteiger partial charge in [0.25, 0.3) is 5.91 Å². The molecule has 18 heavy (non-hydrogen) atoms. The minimum atomic E-state index is -0.213. The summed E-state index contributed by atoms with van der Waals surface area (Å²) in [5.41, 5.74) is 0.453. The lowest BCUT2D eigenvalue weighted by Crippen LogP contribution is -2.32. The molecule has 1 rings (SSSR count). The van der Waals surface area contributed by atoms with E-state index in [2.05, 4.69) is 5.32 Å². The number of hydrogen-bond donors (Lipinski definition) is 1. The highest BCUT2D eigenvalue weighted by Crippen LogP contribution is 2.23.